The predicted molar refractivity (Wildman–Crippen MR) is 231 cm³/mol. The minimum atomic E-state index is -2.08. The van der Waals surface area contributed by atoms with E-state index >= 15 is 0 Å². The fourth-order valence-corrected chi connectivity index (χ4v) is 9.69. The number of rotatable bonds is 20. The maximum absolute atomic E-state index is 11.4. The summed E-state index contributed by atoms with van der Waals surface area (Å²) in [5.41, 5.74) is 0. The van der Waals surface area contributed by atoms with Crippen LogP contribution in [0.3, 0.4) is 0 Å². The summed E-state index contributed by atoms with van der Waals surface area (Å²) >= 11 is 0. The Labute approximate surface area is 435 Å². The molecular formula is C42H72O35. The fourth-order valence-electron chi connectivity index (χ4n) is 9.69. The molecule has 0 spiro atoms. The molecule has 22 N–H and O–H groups in total. The van der Waals surface area contributed by atoms with Crippen molar-refractivity contribution in [2.24, 2.45) is 0 Å². The molecule has 0 unspecified atom stereocenters. The molecule has 7 aliphatic heterocycles. The monoisotopic (exact) mass is 1140 g/mol. The zero-order chi connectivity index (χ0) is 56.5. The Morgan fingerprint density at radius 1 is 0.208 bits per heavy atom. The first kappa shape index (κ1) is 63.2. The van der Waals surface area contributed by atoms with E-state index in [2.05, 4.69) is 0 Å². The molecular weight excluding hydrogens is 1060 g/mol. The van der Waals surface area contributed by atoms with Gasteiger partial charge in [-0.3, -0.25) is 0 Å². The molecule has 0 saturated carbocycles. The largest absolute Gasteiger partial charge is 0.394 e. The van der Waals surface area contributed by atoms with Gasteiger partial charge in [0.25, 0.3) is 0 Å². The van der Waals surface area contributed by atoms with Crippen LogP contribution in [0.5, 0.6) is 0 Å². The highest BCUT2D eigenvalue weighted by molar-refractivity contribution is 4.99. The topological polar surface area (TPSA) is 565 Å². The number of aliphatic hydroxyl groups excluding tert-OH is 22. The van der Waals surface area contributed by atoms with E-state index in [0.29, 0.717) is 0 Å². The summed E-state index contributed by atoms with van der Waals surface area (Å²) in [6, 6.07) is 0. The SMILES string of the molecule is OC[C@H]1O[C@H](O[C@H]2[C@@H](OC[C@H]3O[C@H](O[C@H]4[C@H](O)[C@@H](CO[C@H]5O[C@H](CO[C@H]6O[C@H](CO)[C@@H](O)[C@H](O)[C@@H]6O[C@H]6O[C@H](CO)[C@@H](O)[C@H](O)[C@@H]6O)[C@@H](O)[C@H](O)[C@@H]5O)O[C@@H]4CO)[C@H](O)[C@@H](O)[C@H]3O)O[C@H](CO)[C@H](O)[C@@H]2O)[C@H](O)[C@@H](O)[C@H]1O. The Bertz CT molecular complexity index is 1780. The third-order valence-corrected chi connectivity index (χ3v) is 14.4. The molecule has 7 rings (SSSR count). The highest BCUT2D eigenvalue weighted by Gasteiger charge is 2.56. The minimum Gasteiger partial charge on any atom is -0.394 e. The highest BCUT2D eigenvalue weighted by atomic mass is 16.8. The van der Waals surface area contributed by atoms with Crippen LogP contribution in [0.15, 0.2) is 0 Å². The van der Waals surface area contributed by atoms with Gasteiger partial charge < -0.3 is 174 Å². The van der Waals surface area contributed by atoms with E-state index in [-0.39, 0.29) is 0 Å². The summed E-state index contributed by atoms with van der Waals surface area (Å²) in [7, 11) is 0. The van der Waals surface area contributed by atoms with Crippen molar-refractivity contribution in [3.05, 3.63) is 0 Å². The first-order valence-corrected chi connectivity index (χ1v) is 24.5. The van der Waals surface area contributed by atoms with Crippen molar-refractivity contribution in [2.75, 3.05) is 52.9 Å². The van der Waals surface area contributed by atoms with Crippen molar-refractivity contribution in [2.45, 2.75) is 209 Å². The average Bonchev–Trinajstić information content (AvgIpc) is 3.72. The van der Waals surface area contributed by atoms with Crippen LogP contribution in [-0.4, -0.2) is 374 Å². The van der Waals surface area contributed by atoms with E-state index in [9.17, 15) is 112 Å². The Kier molecular flexibility index (Phi) is 22.4. The summed E-state index contributed by atoms with van der Waals surface area (Å²) in [4.78, 5) is 0. The van der Waals surface area contributed by atoms with Gasteiger partial charge in [0.2, 0.25) is 0 Å². The molecule has 0 aliphatic carbocycles. The molecule has 7 aliphatic rings. The van der Waals surface area contributed by atoms with Crippen LogP contribution in [0.1, 0.15) is 0 Å². The second kappa shape index (κ2) is 27.3. The second-order valence-corrected chi connectivity index (χ2v) is 19.5. The van der Waals surface area contributed by atoms with Gasteiger partial charge in [0.05, 0.1) is 52.9 Å². The molecule has 7 saturated heterocycles. The molecule has 0 radical (unpaired) electrons. The molecule has 7 heterocycles. The quantitative estimate of drug-likeness (QED) is 0.0538. The summed E-state index contributed by atoms with van der Waals surface area (Å²) in [6.45, 7) is -6.78. The number of hydrogen-bond acceptors (Lipinski definition) is 35. The molecule has 34 atom stereocenters. The van der Waals surface area contributed by atoms with E-state index in [1.165, 1.54) is 0 Å². The van der Waals surface area contributed by atoms with Crippen LogP contribution in [0.4, 0.5) is 0 Å². The Morgan fingerprint density at radius 2 is 0.455 bits per heavy atom. The van der Waals surface area contributed by atoms with Crippen molar-refractivity contribution < 1.29 is 174 Å². The van der Waals surface area contributed by atoms with Gasteiger partial charge >= 0.3 is 0 Å². The van der Waals surface area contributed by atoms with E-state index < -0.39 is 262 Å². The van der Waals surface area contributed by atoms with Gasteiger partial charge in [0.15, 0.2) is 37.7 Å². The van der Waals surface area contributed by atoms with Gasteiger partial charge in [-0.15, -0.1) is 0 Å². The van der Waals surface area contributed by atoms with Crippen LogP contribution in [0.2, 0.25) is 0 Å². The molecule has 35 heteroatoms. The minimum absolute atomic E-state index is 0.742. The molecule has 450 valence electrons. The average molecular weight is 1140 g/mol. The second-order valence-electron chi connectivity index (χ2n) is 19.5. The predicted octanol–water partition coefficient (Wildman–Crippen LogP) is -15.6. The molecule has 0 bridgehead atoms. The molecule has 0 amide bonds. The number of ether oxygens (including phenoxy) is 13. The molecule has 77 heavy (non-hydrogen) atoms. The first-order valence-electron chi connectivity index (χ1n) is 24.5. The van der Waals surface area contributed by atoms with Crippen LogP contribution in [0.25, 0.3) is 0 Å². The summed E-state index contributed by atoms with van der Waals surface area (Å²) in [5, 5.41) is 231. The Morgan fingerprint density at radius 3 is 0.805 bits per heavy atom. The Hall–Kier alpha value is -1.40. The van der Waals surface area contributed by atoms with E-state index in [1.807, 2.05) is 0 Å². The lowest BCUT2D eigenvalue weighted by atomic mass is 9.97. The van der Waals surface area contributed by atoms with Gasteiger partial charge in [-0.1, -0.05) is 0 Å². The van der Waals surface area contributed by atoms with E-state index in [0.717, 1.165) is 0 Å². The third-order valence-electron chi connectivity index (χ3n) is 14.4. The summed E-state index contributed by atoms with van der Waals surface area (Å²) < 4.78 is 72.9. The zero-order valence-corrected chi connectivity index (χ0v) is 40.4. The maximum atomic E-state index is 11.4. The molecule has 0 aromatic rings. The first-order chi connectivity index (χ1) is 36.5. The standard InChI is InChI=1S/C42H72O35/c43-1-9-17(48)24(55)31(62)38(69-9)76-35-28(59)19(50)11(3-45)71-41(35)66-6-14-21(52)26(57)30(61)37(73-14)65-8-16-23(54)34(13(5-47)68-16)75-40-33(64)27(58)22(53)15(74-40)7-67-42-36(29(60)20(51)12(4-46)72-42)77-39-32(63)25(56)18(49)10(2-44)70-39/h9-64H,1-8H2/t9-,10-,11-,12-,13-,14-,15-,16-,17-,18+,19-,20+,21-,22+,23-,24+,25+,26+,27+,28+,29+,30+,31+,32-,33-,34-,35+,36-,37+,38-,39-,40-,41+,42+/m1/s1. The van der Waals surface area contributed by atoms with E-state index in [1.54, 1.807) is 0 Å². The molecule has 0 aromatic heterocycles. The van der Waals surface area contributed by atoms with Gasteiger partial charge in [0.1, 0.15) is 171 Å². The molecule has 7 fully saturated rings. The van der Waals surface area contributed by atoms with Crippen LogP contribution in [-0.2, 0) is 61.6 Å². The smallest absolute Gasteiger partial charge is 0.187 e. The number of hydrogen-bond donors (Lipinski definition) is 22. The summed E-state index contributed by atoms with van der Waals surface area (Å²) in [6.07, 6.45) is -62.1. The lowest BCUT2D eigenvalue weighted by molar-refractivity contribution is -0.374. The molecule has 0 aromatic carbocycles. The van der Waals surface area contributed by atoms with Gasteiger partial charge in [-0.05, 0) is 0 Å². The lowest BCUT2D eigenvalue weighted by Crippen LogP contribution is -2.65. The maximum Gasteiger partial charge on any atom is 0.187 e. The van der Waals surface area contributed by atoms with Gasteiger partial charge in [0, 0.05) is 0 Å². The van der Waals surface area contributed by atoms with Gasteiger partial charge in [-0.25, -0.2) is 0 Å². The van der Waals surface area contributed by atoms with E-state index in [4.69, 9.17) is 61.6 Å². The van der Waals surface area contributed by atoms with Crippen molar-refractivity contribution in [3.8, 4) is 0 Å². The normalized spacial score (nSPS) is 52.9. The Balaban J connectivity index is 0.967. The van der Waals surface area contributed by atoms with Crippen molar-refractivity contribution in [3.63, 3.8) is 0 Å². The van der Waals surface area contributed by atoms with Crippen LogP contribution < -0.4 is 0 Å². The van der Waals surface area contributed by atoms with Crippen molar-refractivity contribution in [1.82, 2.24) is 0 Å². The van der Waals surface area contributed by atoms with Crippen molar-refractivity contribution in [1.29, 1.82) is 0 Å². The molecule has 35 nitrogen and oxygen atoms in total. The fraction of sp³-hybridized carbons (Fsp3) is 1.00. The van der Waals surface area contributed by atoms with Crippen molar-refractivity contribution >= 4 is 0 Å². The number of aliphatic hydroxyl groups is 22. The third kappa shape index (κ3) is 13.4. The van der Waals surface area contributed by atoms with Crippen LogP contribution in [0, 0.1) is 0 Å². The highest BCUT2D eigenvalue weighted by Crippen LogP contribution is 2.35. The van der Waals surface area contributed by atoms with Gasteiger partial charge in [-0.2, -0.15) is 0 Å². The summed E-state index contributed by atoms with van der Waals surface area (Å²) in [5.74, 6) is 0. The van der Waals surface area contributed by atoms with Crippen LogP contribution >= 0.6 is 0 Å². The lowest BCUT2D eigenvalue weighted by Gasteiger charge is -2.46. The zero-order valence-electron chi connectivity index (χ0n) is 40.4.